The molecule has 0 spiro atoms. The number of carbonyl (C=O) groups is 2. The summed E-state index contributed by atoms with van der Waals surface area (Å²) in [5.41, 5.74) is 5.16. The zero-order chi connectivity index (χ0) is 25.8. The molecule has 0 aliphatic rings. The first kappa shape index (κ1) is 23.8. The highest BCUT2D eigenvalue weighted by Gasteiger charge is 2.15. The molecule has 37 heavy (non-hydrogen) atoms. The predicted octanol–water partition coefficient (Wildman–Crippen LogP) is 6.39. The Labute approximate surface area is 217 Å². The van der Waals surface area contributed by atoms with Crippen LogP contribution in [-0.4, -0.2) is 26.8 Å². The smallest absolute Gasteiger partial charge is 0.258 e. The van der Waals surface area contributed by atoms with Gasteiger partial charge >= 0.3 is 0 Å². The van der Waals surface area contributed by atoms with Gasteiger partial charge < -0.3 is 10.6 Å². The minimum Gasteiger partial charge on any atom is -0.323 e. The van der Waals surface area contributed by atoms with Crippen molar-refractivity contribution in [2.24, 2.45) is 0 Å². The van der Waals surface area contributed by atoms with Crippen molar-refractivity contribution in [2.45, 2.75) is 0 Å². The number of carbonyl (C=O) groups excluding carboxylic acids is 2. The number of nitrogens with one attached hydrogen (secondary N) is 2. The highest BCUT2D eigenvalue weighted by atomic mass is 35.5. The van der Waals surface area contributed by atoms with Crippen LogP contribution in [0.15, 0.2) is 104 Å². The summed E-state index contributed by atoms with van der Waals surface area (Å²) in [6.45, 7) is 3.50. The standard InChI is InChI=1S/C29H20ClN5O2/c1-2-27(36)34-22-7-5-6-19(13-22)24-14-20(12-21-16-31-17-33-28(21)24)18-9-10-23(25(30)15-18)29(37)35-26-8-3-4-11-32-26/h2-17H,1H2,(H,34,36)(H,32,35,37). The van der Waals surface area contributed by atoms with Gasteiger partial charge in [-0.2, -0.15) is 0 Å². The summed E-state index contributed by atoms with van der Waals surface area (Å²) in [6.07, 6.45) is 6.07. The van der Waals surface area contributed by atoms with E-state index in [2.05, 4.69) is 32.2 Å². The maximum Gasteiger partial charge on any atom is 0.258 e. The molecule has 0 saturated heterocycles. The summed E-state index contributed by atoms with van der Waals surface area (Å²) >= 11 is 6.54. The van der Waals surface area contributed by atoms with E-state index in [1.807, 2.05) is 36.4 Å². The molecule has 2 heterocycles. The van der Waals surface area contributed by atoms with Gasteiger partial charge in [0.1, 0.15) is 12.1 Å². The van der Waals surface area contributed by atoms with Crippen molar-refractivity contribution in [3.8, 4) is 22.3 Å². The van der Waals surface area contributed by atoms with Crippen molar-refractivity contribution in [3.05, 3.63) is 115 Å². The van der Waals surface area contributed by atoms with E-state index in [0.29, 0.717) is 22.1 Å². The van der Waals surface area contributed by atoms with E-state index in [1.165, 1.54) is 12.4 Å². The molecule has 5 rings (SSSR count). The second-order valence-electron chi connectivity index (χ2n) is 8.12. The number of amides is 2. The van der Waals surface area contributed by atoms with E-state index in [4.69, 9.17) is 11.6 Å². The fraction of sp³-hybridized carbons (Fsp3) is 0. The Morgan fingerprint density at radius 3 is 2.54 bits per heavy atom. The largest absolute Gasteiger partial charge is 0.323 e. The summed E-state index contributed by atoms with van der Waals surface area (Å²) in [7, 11) is 0. The molecule has 0 saturated carbocycles. The van der Waals surface area contributed by atoms with Gasteiger partial charge in [-0.05, 0) is 71.3 Å². The lowest BCUT2D eigenvalue weighted by Crippen LogP contribution is -2.13. The number of anilines is 2. The summed E-state index contributed by atoms with van der Waals surface area (Å²) < 4.78 is 0. The van der Waals surface area contributed by atoms with Crippen LogP contribution in [0.1, 0.15) is 10.4 Å². The Bertz CT molecular complexity index is 1650. The van der Waals surface area contributed by atoms with E-state index in [0.717, 1.165) is 33.2 Å². The van der Waals surface area contributed by atoms with Gasteiger partial charge in [-0.1, -0.05) is 42.4 Å². The first-order chi connectivity index (χ1) is 18.0. The molecule has 0 unspecified atom stereocenters. The maximum atomic E-state index is 12.7. The van der Waals surface area contributed by atoms with Gasteiger partial charge in [0.05, 0.1) is 16.1 Å². The normalized spacial score (nSPS) is 10.6. The van der Waals surface area contributed by atoms with Crippen LogP contribution in [0.5, 0.6) is 0 Å². The summed E-state index contributed by atoms with van der Waals surface area (Å²) in [4.78, 5) is 37.3. The average molecular weight is 506 g/mol. The number of fused-ring (bicyclic) bond motifs is 1. The Balaban J connectivity index is 1.54. The first-order valence-electron chi connectivity index (χ1n) is 11.3. The van der Waals surface area contributed by atoms with Crippen LogP contribution < -0.4 is 10.6 Å². The van der Waals surface area contributed by atoms with Crippen LogP contribution in [0.2, 0.25) is 5.02 Å². The van der Waals surface area contributed by atoms with E-state index in [-0.39, 0.29) is 11.8 Å². The lowest BCUT2D eigenvalue weighted by molar-refractivity contribution is -0.111. The van der Waals surface area contributed by atoms with E-state index >= 15 is 0 Å². The first-order valence-corrected chi connectivity index (χ1v) is 11.7. The number of hydrogen-bond acceptors (Lipinski definition) is 5. The number of nitrogens with zero attached hydrogens (tertiary/aromatic N) is 3. The number of benzene rings is 3. The molecule has 8 heteroatoms. The van der Waals surface area contributed by atoms with Crippen LogP contribution in [0.3, 0.4) is 0 Å². The molecule has 2 amide bonds. The van der Waals surface area contributed by atoms with E-state index in [9.17, 15) is 9.59 Å². The molecular weight excluding hydrogens is 486 g/mol. The molecule has 5 aromatic rings. The molecule has 3 aromatic carbocycles. The van der Waals surface area contributed by atoms with Crippen LogP contribution in [0.25, 0.3) is 33.2 Å². The molecule has 0 atom stereocenters. The number of hydrogen-bond donors (Lipinski definition) is 2. The van der Waals surface area contributed by atoms with Crippen molar-refractivity contribution >= 4 is 45.8 Å². The van der Waals surface area contributed by atoms with E-state index < -0.39 is 0 Å². The Morgan fingerprint density at radius 2 is 1.76 bits per heavy atom. The molecule has 2 aromatic heterocycles. The van der Waals surface area contributed by atoms with Gasteiger partial charge in [-0.15, -0.1) is 0 Å². The number of halogens is 1. The summed E-state index contributed by atoms with van der Waals surface area (Å²) in [6, 6.07) is 22.0. The molecule has 7 nitrogen and oxygen atoms in total. The third-order valence-corrected chi connectivity index (χ3v) is 6.00. The SMILES string of the molecule is C=CC(=O)Nc1cccc(-c2cc(-c3ccc(C(=O)Nc4ccccn4)c(Cl)c3)cc3cncnc23)c1. The fourth-order valence-corrected chi connectivity index (χ4v) is 4.21. The molecule has 0 aliphatic heterocycles. The maximum absolute atomic E-state index is 12.7. The third kappa shape index (κ3) is 5.22. The topological polar surface area (TPSA) is 96.9 Å². The molecule has 0 fully saturated rings. The molecule has 0 radical (unpaired) electrons. The second kappa shape index (κ2) is 10.4. The lowest BCUT2D eigenvalue weighted by atomic mass is 9.95. The monoisotopic (exact) mass is 505 g/mol. The van der Waals surface area contributed by atoms with Gasteiger partial charge in [-0.3, -0.25) is 9.59 Å². The average Bonchev–Trinajstić information content (AvgIpc) is 2.93. The molecule has 2 N–H and O–H groups in total. The number of aromatic nitrogens is 3. The van der Waals surface area contributed by atoms with Crippen molar-refractivity contribution in [1.29, 1.82) is 0 Å². The highest BCUT2D eigenvalue weighted by Crippen LogP contribution is 2.35. The quantitative estimate of drug-likeness (QED) is 0.261. The number of rotatable bonds is 6. The van der Waals surface area contributed by atoms with Gasteiger partial charge in [0.25, 0.3) is 5.91 Å². The molecule has 0 bridgehead atoms. The van der Waals surface area contributed by atoms with Crippen molar-refractivity contribution in [3.63, 3.8) is 0 Å². The minimum absolute atomic E-state index is 0.292. The predicted molar refractivity (Wildman–Crippen MR) is 146 cm³/mol. The van der Waals surface area contributed by atoms with Gasteiger partial charge in [0, 0.05) is 29.0 Å². The zero-order valence-corrected chi connectivity index (χ0v) is 20.2. The Kier molecular flexibility index (Phi) is 6.70. The molecule has 180 valence electrons. The van der Waals surface area contributed by atoms with Crippen LogP contribution in [0, 0.1) is 0 Å². The molecule has 0 aliphatic carbocycles. The van der Waals surface area contributed by atoms with Crippen LogP contribution >= 0.6 is 11.6 Å². The van der Waals surface area contributed by atoms with Crippen molar-refractivity contribution in [1.82, 2.24) is 15.0 Å². The van der Waals surface area contributed by atoms with Crippen molar-refractivity contribution < 1.29 is 9.59 Å². The fourth-order valence-electron chi connectivity index (χ4n) is 3.95. The van der Waals surface area contributed by atoms with E-state index in [1.54, 1.807) is 48.8 Å². The Hall–Kier alpha value is -4.88. The third-order valence-electron chi connectivity index (χ3n) is 5.69. The summed E-state index contributed by atoms with van der Waals surface area (Å²) in [5.74, 6) is -0.195. The van der Waals surface area contributed by atoms with Crippen LogP contribution in [0.4, 0.5) is 11.5 Å². The van der Waals surface area contributed by atoms with Gasteiger partial charge in [0.15, 0.2) is 0 Å². The van der Waals surface area contributed by atoms with Crippen LogP contribution in [-0.2, 0) is 4.79 Å². The lowest BCUT2D eigenvalue weighted by Gasteiger charge is -2.13. The summed E-state index contributed by atoms with van der Waals surface area (Å²) in [5, 5.41) is 6.68. The van der Waals surface area contributed by atoms with Crippen molar-refractivity contribution in [2.75, 3.05) is 10.6 Å². The van der Waals surface area contributed by atoms with Gasteiger partial charge in [0.2, 0.25) is 5.91 Å². The molecular formula is C29H20ClN5O2. The second-order valence-corrected chi connectivity index (χ2v) is 8.53. The minimum atomic E-state index is -0.346. The zero-order valence-electron chi connectivity index (χ0n) is 19.5. The Morgan fingerprint density at radius 1 is 0.865 bits per heavy atom. The number of pyridine rings is 1. The highest BCUT2D eigenvalue weighted by molar-refractivity contribution is 6.34. The van der Waals surface area contributed by atoms with Gasteiger partial charge in [-0.25, -0.2) is 15.0 Å².